The molecule has 192 valence electrons. The molecule has 0 amide bonds. The van der Waals surface area contributed by atoms with Gasteiger partial charge in [0.2, 0.25) is 0 Å². The van der Waals surface area contributed by atoms with Crippen LogP contribution in [0.15, 0.2) is 36.4 Å². The van der Waals surface area contributed by atoms with Crippen LogP contribution in [0.1, 0.15) is 114 Å². The third-order valence-electron chi connectivity index (χ3n) is 6.76. The van der Waals surface area contributed by atoms with Gasteiger partial charge in [0.25, 0.3) is 0 Å². The highest BCUT2D eigenvalue weighted by atomic mass is 35.5. The van der Waals surface area contributed by atoms with E-state index in [1.165, 1.54) is 71.1 Å². The lowest BCUT2D eigenvalue weighted by atomic mass is 9.81. The van der Waals surface area contributed by atoms with Gasteiger partial charge in [0.15, 0.2) is 0 Å². The first-order valence-electron chi connectivity index (χ1n) is 13.7. The summed E-state index contributed by atoms with van der Waals surface area (Å²) in [7, 11) is 0. The van der Waals surface area contributed by atoms with Gasteiger partial charge in [0, 0.05) is 5.02 Å². The van der Waals surface area contributed by atoms with Gasteiger partial charge in [-0.05, 0) is 110 Å². The second kappa shape index (κ2) is 17.8. The minimum atomic E-state index is 0.631. The lowest BCUT2D eigenvalue weighted by Crippen LogP contribution is -2.09. The van der Waals surface area contributed by atoms with Gasteiger partial charge in [-0.1, -0.05) is 103 Å². The lowest BCUT2D eigenvalue weighted by molar-refractivity contribution is 0.435. The van der Waals surface area contributed by atoms with Crippen molar-refractivity contribution in [1.82, 2.24) is 0 Å². The second-order valence-corrected chi connectivity index (χ2v) is 9.79. The van der Waals surface area contributed by atoms with Crippen molar-refractivity contribution in [3.63, 3.8) is 0 Å². The Hall–Kier alpha value is -1.53. The van der Waals surface area contributed by atoms with Gasteiger partial charge >= 0.3 is 0 Å². The number of allylic oxidation sites excluding steroid dienone is 2. The van der Waals surface area contributed by atoms with Crippen LogP contribution in [0.25, 0.3) is 5.57 Å². The van der Waals surface area contributed by atoms with E-state index in [-0.39, 0.29) is 0 Å². The summed E-state index contributed by atoms with van der Waals surface area (Å²) in [5.74, 6) is 1.40. The Morgan fingerprint density at radius 3 is 2.06 bits per heavy atom. The van der Waals surface area contributed by atoms with Crippen LogP contribution in [0.4, 0.5) is 0 Å². The Morgan fingerprint density at radius 2 is 1.59 bits per heavy atom. The van der Waals surface area contributed by atoms with Crippen molar-refractivity contribution < 1.29 is 0 Å². The number of halogens is 1. The molecule has 0 aromatic heterocycles. The topological polar surface area (TPSA) is 0 Å². The lowest BCUT2D eigenvalue weighted by Gasteiger charge is -2.24. The summed E-state index contributed by atoms with van der Waals surface area (Å²) in [6.07, 6.45) is 9.60. The minimum Gasteiger partial charge on any atom is -0.0840 e. The van der Waals surface area contributed by atoms with Crippen LogP contribution in [-0.2, 0) is 12.8 Å². The molecular formula is C33H53Cl. The summed E-state index contributed by atoms with van der Waals surface area (Å²) in [6.45, 7) is 24.0. The molecule has 0 saturated carbocycles. The molecule has 2 atom stereocenters. The van der Waals surface area contributed by atoms with E-state index < -0.39 is 0 Å². The molecule has 0 nitrogen and oxygen atoms in total. The molecule has 0 bridgehead atoms. The first-order chi connectivity index (χ1) is 16.2. The first-order valence-corrected chi connectivity index (χ1v) is 14.1. The van der Waals surface area contributed by atoms with Crippen LogP contribution in [0, 0.1) is 32.6 Å². The zero-order valence-electron chi connectivity index (χ0n) is 24.2. The Labute approximate surface area is 218 Å². The summed E-state index contributed by atoms with van der Waals surface area (Å²) in [6, 6.07) is 11.2. The summed E-state index contributed by atoms with van der Waals surface area (Å²) in [5.41, 5.74) is 9.68. The fourth-order valence-corrected chi connectivity index (χ4v) is 4.69. The Balaban J connectivity index is 0.000000662. The Kier molecular flexibility index (Phi) is 17.0. The molecule has 2 unspecified atom stereocenters. The van der Waals surface area contributed by atoms with E-state index in [2.05, 4.69) is 98.7 Å². The fraction of sp³-hybridized carbons (Fsp3) is 0.576. The highest BCUT2D eigenvalue weighted by Gasteiger charge is 2.18. The van der Waals surface area contributed by atoms with Crippen LogP contribution in [0.3, 0.4) is 0 Å². The van der Waals surface area contributed by atoms with E-state index in [4.69, 9.17) is 11.6 Å². The number of rotatable bonds is 9. The number of hydrogen-bond donors (Lipinski definition) is 0. The molecule has 2 aromatic rings. The Morgan fingerprint density at radius 1 is 0.941 bits per heavy atom. The van der Waals surface area contributed by atoms with Crippen molar-refractivity contribution in [2.75, 3.05) is 0 Å². The highest BCUT2D eigenvalue weighted by molar-refractivity contribution is 6.31. The van der Waals surface area contributed by atoms with Crippen molar-refractivity contribution >= 4 is 17.2 Å². The van der Waals surface area contributed by atoms with Gasteiger partial charge in [-0.25, -0.2) is 0 Å². The maximum Gasteiger partial charge on any atom is 0.0443 e. The third-order valence-corrected chi connectivity index (χ3v) is 7.15. The van der Waals surface area contributed by atoms with Crippen molar-refractivity contribution in [3.05, 3.63) is 74.8 Å². The van der Waals surface area contributed by atoms with Crippen LogP contribution >= 0.6 is 11.6 Å². The van der Waals surface area contributed by atoms with Crippen molar-refractivity contribution in [2.24, 2.45) is 11.8 Å². The van der Waals surface area contributed by atoms with Crippen molar-refractivity contribution in [2.45, 2.75) is 115 Å². The molecule has 2 rings (SSSR count). The summed E-state index contributed by atoms with van der Waals surface area (Å²) < 4.78 is 0. The number of aryl methyl sites for hydroxylation is 4. The molecule has 0 spiro atoms. The van der Waals surface area contributed by atoms with Crippen LogP contribution in [0.2, 0.25) is 5.02 Å². The van der Waals surface area contributed by atoms with E-state index in [1.54, 1.807) is 0 Å². The maximum absolute atomic E-state index is 6.37. The van der Waals surface area contributed by atoms with Gasteiger partial charge in [-0.15, -0.1) is 0 Å². The van der Waals surface area contributed by atoms with E-state index in [0.717, 1.165) is 17.4 Å². The zero-order valence-corrected chi connectivity index (χ0v) is 25.0. The molecule has 2 aromatic carbocycles. The van der Waals surface area contributed by atoms with Gasteiger partial charge in [-0.2, -0.15) is 0 Å². The van der Waals surface area contributed by atoms with Gasteiger partial charge < -0.3 is 0 Å². The molecule has 1 heteroatoms. The fourth-order valence-electron chi connectivity index (χ4n) is 4.42. The largest absolute Gasteiger partial charge is 0.0840 e. The molecule has 0 aliphatic rings. The van der Waals surface area contributed by atoms with Crippen LogP contribution < -0.4 is 0 Å². The average Bonchev–Trinajstić information content (AvgIpc) is 2.84. The van der Waals surface area contributed by atoms with Crippen molar-refractivity contribution in [3.8, 4) is 0 Å². The standard InChI is InChI=1S/C19H29Cl.C12H18.C2H6/c1-7-13(4)10-16(8-2)17(9-3)18-11-14(5)12-19(20)15(18)6;1-4-6-12-8-7-11(5-2)9-10(12)3;1-2/h9,11-13,16H,7-8,10H2,1-6H3;7-9H,4-6H2,1-3H3;1-2H3/b17-9-;;. The minimum absolute atomic E-state index is 0.631. The first kappa shape index (κ1) is 32.5. The summed E-state index contributed by atoms with van der Waals surface area (Å²) in [5, 5.41) is 0.887. The number of benzene rings is 2. The molecule has 0 aliphatic heterocycles. The molecule has 0 aliphatic carbocycles. The zero-order chi connectivity index (χ0) is 26.3. The van der Waals surface area contributed by atoms with E-state index in [0.29, 0.717) is 5.92 Å². The number of hydrogen-bond acceptors (Lipinski definition) is 0. The smallest absolute Gasteiger partial charge is 0.0443 e. The maximum atomic E-state index is 6.37. The third kappa shape index (κ3) is 10.4. The second-order valence-electron chi connectivity index (χ2n) is 9.38. The highest BCUT2D eigenvalue weighted by Crippen LogP contribution is 2.36. The van der Waals surface area contributed by atoms with Gasteiger partial charge in [0.1, 0.15) is 0 Å². The summed E-state index contributed by atoms with van der Waals surface area (Å²) >= 11 is 6.37. The summed E-state index contributed by atoms with van der Waals surface area (Å²) in [4.78, 5) is 0. The SMILES string of the molecule is C/C=C(\c1cc(C)cc(Cl)c1C)C(CC)CC(C)CC.CC.CCCc1ccc(CC)cc1C. The Bertz CT molecular complexity index is 859. The predicted molar refractivity (Wildman–Crippen MR) is 158 cm³/mol. The molecule has 0 saturated heterocycles. The molecule has 0 radical (unpaired) electrons. The van der Waals surface area contributed by atoms with Crippen LogP contribution in [0.5, 0.6) is 0 Å². The van der Waals surface area contributed by atoms with E-state index in [1.807, 2.05) is 13.8 Å². The van der Waals surface area contributed by atoms with Crippen molar-refractivity contribution in [1.29, 1.82) is 0 Å². The van der Waals surface area contributed by atoms with E-state index in [9.17, 15) is 0 Å². The average molecular weight is 485 g/mol. The molecule has 34 heavy (non-hydrogen) atoms. The molecular weight excluding hydrogens is 432 g/mol. The normalized spacial score (nSPS) is 12.8. The quantitative estimate of drug-likeness (QED) is 0.331. The van der Waals surface area contributed by atoms with Gasteiger partial charge in [0.05, 0.1) is 0 Å². The van der Waals surface area contributed by atoms with Crippen LogP contribution in [-0.4, -0.2) is 0 Å². The monoisotopic (exact) mass is 484 g/mol. The predicted octanol–water partition coefficient (Wildman–Crippen LogP) is 11.4. The molecule has 0 N–H and O–H groups in total. The molecule has 0 heterocycles. The van der Waals surface area contributed by atoms with Gasteiger partial charge in [-0.3, -0.25) is 0 Å². The van der Waals surface area contributed by atoms with E-state index >= 15 is 0 Å². The molecule has 0 fully saturated rings.